The smallest absolute Gasteiger partial charge is 0.326 e. The van der Waals surface area contributed by atoms with E-state index >= 15 is 0 Å². The van der Waals surface area contributed by atoms with Gasteiger partial charge in [-0.25, -0.2) is 14.8 Å². The SMILES string of the molecule is C=CCCN(CCC)C(=O)CN1CCN(c2nccc(/C=C3\NC(=O)NC3=O)n2)CC1. The summed E-state index contributed by atoms with van der Waals surface area (Å²) in [6.45, 7) is 10.6. The number of carbonyl (C=O) groups is 3. The first-order valence-electron chi connectivity index (χ1n) is 10.5. The molecule has 0 atom stereocenters. The first kappa shape index (κ1) is 22.4. The average Bonchev–Trinajstić information content (AvgIpc) is 3.08. The maximum Gasteiger partial charge on any atom is 0.326 e. The van der Waals surface area contributed by atoms with Gasteiger partial charge in [0.2, 0.25) is 11.9 Å². The summed E-state index contributed by atoms with van der Waals surface area (Å²) < 4.78 is 0. The molecule has 4 amide bonds. The summed E-state index contributed by atoms with van der Waals surface area (Å²) in [5.41, 5.74) is 0.693. The summed E-state index contributed by atoms with van der Waals surface area (Å²) in [5, 5.41) is 4.61. The van der Waals surface area contributed by atoms with E-state index in [1.807, 2.05) is 11.0 Å². The molecule has 0 radical (unpaired) electrons. The van der Waals surface area contributed by atoms with Gasteiger partial charge in [0.05, 0.1) is 12.2 Å². The zero-order valence-electron chi connectivity index (χ0n) is 17.8. The number of imide groups is 1. The summed E-state index contributed by atoms with van der Waals surface area (Å²) in [7, 11) is 0. The number of aromatic nitrogens is 2. The normalized spacial score (nSPS) is 18.1. The second kappa shape index (κ2) is 10.7. The largest absolute Gasteiger partial charge is 0.341 e. The van der Waals surface area contributed by atoms with Gasteiger partial charge in [-0.15, -0.1) is 6.58 Å². The van der Waals surface area contributed by atoms with Gasteiger partial charge in [0.25, 0.3) is 5.91 Å². The highest BCUT2D eigenvalue weighted by molar-refractivity contribution is 6.13. The van der Waals surface area contributed by atoms with Crippen molar-refractivity contribution in [3.8, 4) is 0 Å². The first-order chi connectivity index (χ1) is 15.0. The molecule has 2 N–H and O–H groups in total. The van der Waals surface area contributed by atoms with Crippen molar-refractivity contribution in [3.05, 3.63) is 36.3 Å². The quantitative estimate of drug-likeness (QED) is 0.337. The Morgan fingerprint density at radius 1 is 1.23 bits per heavy atom. The Morgan fingerprint density at radius 3 is 2.65 bits per heavy atom. The van der Waals surface area contributed by atoms with Crippen LogP contribution in [0.4, 0.5) is 10.7 Å². The molecule has 0 saturated carbocycles. The molecule has 2 fully saturated rings. The third-order valence-electron chi connectivity index (χ3n) is 5.14. The van der Waals surface area contributed by atoms with E-state index in [0.29, 0.717) is 37.8 Å². The minimum absolute atomic E-state index is 0.152. The van der Waals surface area contributed by atoms with Crippen LogP contribution in [0.5, 0.6) is 0 Å². The molecule has 10 heteroatoms. The van der Waals surface area contributed by atoms with E-state index in [2.05, 4.69) is 43.9 Å². The lowest BCUT2D eigenvalue weighted by Gasteiger charge is -2.35. The number of carbonyl (C=O) groups excluding carboxylic acids is 3. The molecule has 31 heavy (non-hydrogen) atoms. The van der Waals surface area contributed by atoms with Crippen molar-refractivity contribution in [1.82, 2.24) is 30.4 Å². The Labute approximate surface area is 182 Å². The number of nitrogens with zero attached hydrogens (tertiary/aromatic N) is 5. The number of amides is 4. The van der Waals surface area contributed by atoms with Gasteiger partial charge in [-0.1, -0.05) is 13.0 Å². The van der Waals surface area contributed by atoms with Crippen LogP contribution in [0, 0.1) is 0 Å². The number of hydrogen-bond donors (Lipinski definition) is 2. The monoisotopic (exact) mass is 427 g/mol. The lowest BCUT2D eigenvalue weighted by atomic mass is 10.3. The molecule has 3 heterocycles. The van der Waals surface area contributed by atoms with E-state index in [1.165, 1.54) is 6.08 Å². The van der Waals surface area contributed by atoms with Crippen LogP contribution in [-0.2, 0) is 9.59 Å². The van der Waals surface area contributed by atoms with E-state index in [-0.39, 0.29) is 11.6 Å². The Kier molecular flexibility index (Phi) is 7.71. The van der Waals surface area contributed by atoms with Crippen molar-refractivity contribution in [3.63, 3.8) is 0 Å². The summed E-state index contributed by atoms with van der Waals surface area (Å²) in [6.07, 6.45) is 6.72. The van der Waals surface area contributed by atoms with Crippen LogP contribution < -0.4 is 15.5 Å². The van der Waals surface area contributed by atoms with Gasteiger partial charge in [0.15, 0.2) is 0 Å². The van der Waals surface area contributed by atoms with Gasteiger partial charge < -0.3 is 15.1 Å². The predicted molar refractivity (Wildman–Crippen MR) is 117 cm³/mol. The van der Waals surface area contributed by atoms with Gasteiger partial charge in [-0.05, 0) is 25.0 Å². The zero-order valence-corrected chi connectivity index (χ0v) is 17.8. The van der Waals surface area contributed by atoms with Gasteiger partial charge in [0, 0.05) is 45.5 Å². The molecule has 0 bridgehead atoms. The van der Waals surface area contributed by atoms with Crippen LogP contribution in [-0.4, -0.2) is 83.4 Å². The van der Waals surface area contributed by atoms with Crippen molar-refractivity contribution >= 4 is 29.9 Å². The standard InChI is InChI=1S/C21H29N7O3/c1-3-5-9-27(8-4-2)18(29)15-26-10-12-28(13-11-26)20-22-7-6-16(23-20)14-17-19(30)25-21(31)24-17/h3,6-7,14H,1,4-5,8-13,15H2,2H3,(H2,24,25,30,31)/b17-14-. The van der Waals surface area contributed by atoms with Gasteiger partial charge in [-0.3, -0.25) is 19.8 Å². The number of hydrogen-bond acceptors (Lipinski definition) is 7. The number of nitrogens with one attached hydrogen (secondary N) is 2. The van der Waals surface area contributed by atoms with E-state index in [9.17, 15) is 14.4 Å². The highest BCUT2D eigenvalue weighted by atomic mass is 16.2. The van der Waals surface area contributed by atoms with Crippen molar-refractivity contribution in [2.45, 2.75) is 19.8 Å². The molecule has 2 aliphatic heterocycles. The highest BCUT2D eigenvalue weighted by Crippen LogP contribution is 2.14. The fourth-order valence-corrected chi connectivity index (χ4v) is 3.50. The summed E-state index contributed by atoms with van der Waals surface area (Å²) in [5.74, 6) is 0.233. The van der Waals surface area contributed by atoms with Crippen LogP contribution in [0.2, 0.25) is 0 Å². The number of anilines is 1. The van der Waals surface area contributed by atoms with Crippen LogP contribution in [0.15, 0.2) is 30.6 Å². The Balaban J connectivity index is 1.55. The number of rotatable bonds is 9. The molecular weight excluding hydrogens is 398 g/mol. The molecule has 0 aromatic carbocycles. The summed E-state index contributed by atoms with van der Waals surface area (Å²) in [6, 6.07) is 1.13. The van der Waals surface area contributed by atoms with Crippen LogP contribution >= 0.6 is 0 Å². The van der Waals surface area contributed by atoms with Crippen molar-refractivity contribution in [1.29, 1.82) is 0 Å². The molecular formula is C21H29N7O3. The van der Waals surface area contributed by atoms with E-state index in [4.69, 9.17) is 0 Å². The van der Waals surface area contributed by atoms with Gasteiger partial charge in [0.1, 0.15) is 5.70 Å². The molecule has 1 aromatic rings. The number of urea groups is 1. The third-order valence-corrected chi connectivity index (χ3v) is 5.14. The van der Waals surface area contributed by atoms with Crippen molar-refractivity contribution < 1.29 is 14.4 Å². The minimum atomic E-state index is -0.543. The maximum atomic E-state index is 12.7. The second-order valence-corrected chi connectivity index (χ2v) is 7.47. The van der Waals surface area contributed by atoms with Gasteiger partial charge >= 0.3 is 6.03 Å². The topological polar surface area (TPSA) is 111 Å². The lowest BCUT2D eigenvalue weighted by Crippen LogP contribution is -2.50. The number of piperazine rings is 1. The molecule has 1 aromatic heterocycles. The molecule has 0 spiro atoms. The first-order valence-corrected chi connectivity index (χ1v) is 10.5. The molecule has 0 unspecified atom stereocenters. The Morgan fingerprint density at radius 2 is 2.00 bits per heavy atom. The summed E-state index contributed by atoms with van der Waals surface area (Å²) in [4.78, 5) is 50.5. The fourth-order valence-electron chi connectivity index (χ4n) is 3.50. The van der Waals surface area contributed by atoms with Crippen molar-refractivity contribution in [2.75, 3.05) is 50.7 Å². The van der Waals surface area contributed by atoms with Crippen molar-refractivity contribution in [2.24, 2.45) is 0 Å². The van der Waals surface area contributed by atoms with Crippen LogP contribution in [0.3, 0.4) is 0 Å². The Bertz CT molecular complexity index is 862. The minimum Gasteiger partial charge on any atom is -0.341 e. The van der Waals surface area contributed by atoms with E-state index in [0.717, 1.165) is 32.5 Å². The molecule has 10 nitrogen and oxygen atoms in total. The summed E-state index contributed by atoms with van der Waals surface area (Å²) >= 11 is 0. The second-order valence-electron chi connectivity index (χ2n) is 7.47. The molecule has 2 aliphatic rings. The third kappa shape index (κ3) is 6.11. The lowest BCUT2D eigenvalue weighted by molar-refractivity contribution is -0.132. The van der Waals surface area contributed by atoms with Crippen LogP contribution in [0.25, 0.3) is 6.08 Å². The predicted octanol–water partition coefficient (Wildman–Crippen LogP) is 0.594. The molecule has 3 rings (SSSR count). The highest BCUT2D eigenvalue weighted by Gasteiger charge is 2.24. The average molecular weight is 428 g/mol. The van der Waals surface area contributed by atoms with E-state index < -0.39 is 11.9 Å². The maximum absolute atomic E-state index is 12.7. The zero-order chi connectivity index (χ0) is 22.2. The molecule has 2 saturated heterocycles. The van der Waals surface area contributed by atoms with Gasteiger partial charge in [-0.2, -0.15) is 0 Å². The van der Waals surface area contributed by atoms with E-state index in [1.54, 1.807) is 12.3 Å². The fraction of sp³-hybridized carbons (Fsp3) is 0.476. The molecule has 0 aliphatic carbocycles. The Hall–Kier alpha value is -3.27. The van der Waals surface area contributed by atoms with Crippen LogP contribution in [0.1, 0.15) is 25.5 Å². The molecule has 166 valence electrons.